The van der Waals surface area contributed by atoms with E-state index >= 15 is 0 Å². The molecule has 0 aliphatic carbocycles. The molecular formula is C11H18N4O. The summed E-state index contributed by atoms with van der Waals surface area (Å²) in [6, 6.07) is 1.83. The van der Waals surface area contributed by atoms with E-state index in [9.17, 15) is 4.79 Å². The predicted octanol–water partition coefficient (Wildman–Crippen LogP) is 1.22. The number of H-pyrrole nitrogens is 1. The topological polar surface area (TPSA) is 69.8 Å². The van der Waals surface area contributed by atoms with Gasteiger partial charge in [0.1, 0.15) is 0 Å². The number of aromatic nitrogens is 2. The Labute approximate surface area is 95.0 Å². The molecule has 16 heavy (non-hydrogen) atoms. The molecule has 0 spiro atoms. The number of carbonyl (C=O) groups is 1. The zero-order valence-electron chi connectivity index (χ0n) is 9.71. The van der Waals surface area contributed by atoms with Crippen LogP contribution in [-0.4, -0.2) is 28.7 Å². The van der Waals surface area contributed by atoms with Crippen LogP contribution >= 0.6 is 0 Å². The average molecular weight is 222 g/mol. The molecule has 5 heteroatoms. The molecule has 1 aliphatic heterocycles. The quantitative estimate of drug-likeness (QED) is 0.720. The molecule has 1 saturated heterocycles. The van der Waals surface area contributed by atoms with Gasteiger partial charge >= 0.3 is 0 Å². The van der Waals surface area contributed by atoms with Gasteiger partial charge in [-0.05, 0) is 25.3 Å². The zero-order chi connectivity index (χ0) is 11.5. The van der Waals surface area contributed by atoms with E-state index in [2.05, 4.69) is 34.7 Å². The van der Waals surface area contributed by atoms with Crippen molar-refractivity contribution in [3.8, 4) is 0 Å². The van der Waals surface area contributed by atoms with Crippen LogP contribution in [-0.2, 0) is 4.79 Å². The molecule has 3 N–H and O–H groups in total. The lowest BCUT2D eigenvalue weighted by molar-refractivity contribution is -0.117. The molecule has 0 saturated carbocycles. The molecule has 1 fully saturated rings. The van der Waals surface area contributed by atoms with Crippen LogP contribution in [0.1, 0.15) is 38.3 Å². The minimum atomic E-state index is -0.0563. The fraction of sp³-hybridized carbons (Fsp3) is 0.636. The molecular weight excluding hydrogens is 204 g/mol. The number of amides is 1. The van der Waals surface area contributed by atoms with E-state index in [1.54, 1.807) is 0 Å². The molecule has 5 nitrogen and oxygen atoms in total. The summed E-state index contributed by atoms with van der Waals surface area (Å²) in [4.78, 5) is 11.8. The van der Waals surface area contributed by atoms with Gasteiger partial charge in [-0.3, -0.25) is 9.89 Å². The Morgan fingerprint density at radius 3 is 3.00 bits per heavy atom. The Hall–Kier alpha value is -1.36. The van der Waals surface area contributed by atoms with Crippen LogP contribution < -0.4 is 10.6 Å². The summed E-state index contributed by atoms with van der Waals surface area (Å²) in [6.45, 7) is 5.09. The highest BCUT2D eigenvalue weighted by atomic mass is 16.2. The lowest BCUT2D eigenvalue weighted by Crippen LogP contribution is -2.35. The van der Waals surface area contributed by atoms with Gasteiger partial charge in [-0.15, -0.1) is 0 Å². The van der Waals surface area contributed by atoms with Gasteiger partial charge in [0.25, 0.3) is 0 Å². The standard InChI is InChI=1S/C11H18N4O/c1-7(2)9-6-10(15-14-9)13-11(16)8-4-3-5-12-8/h6-8,12H,3-5H2,1-2H3,(H2,13,14,15,16)/t8-/m0/s1. The van der Waals surface area contributed by atoms with Gasteiger partial charge in [-0.2, -0.15) is 5.10 Å². The third-order valence-electron chi connectivity index (χ3n) is 2.85. The van der Waals surface area contributed by atoms with Crippen molar-refractivity contribution in [3.63, 3.8) is 0 Å². The third kappa shape index (κ3) is 2.41. The van der Waals surface area contributed by atoms with E-state index in [0.717, 1.165) is 25.1 Å². The smallest absolute Gasteiger partial charge is 0.242 e. The molecule has 1 aliphatic rings. The minimum Gasteiger partial charge on any atom is -0.308 e. The van der Waals surface area contributed by atoms with Gasteiger partial charge in [0, 0.05) is 11.8 Å². The first-order valence-corrected chi connectivity index (χ1v) is 5.76. The van der Waals surface area contributed by atoms with Crippen LogP contribution in [0.2, 0.25) is 0 Å². The first-order chi connectivity index (χ1) is 7.66. The molecule has 1 amide bonds. The second kappa shape index (κ2) is 4.65. The highest BCUT2D eigenvalue weighted by Gasteiger charge is 2.22. The Morgan fingerprint density at radius 2 is 2.44 bits per heavy atom. The predicted molar refractivity (Wildman–Crippen MR) is 62.3 cm³/mol. The van der Waals surface area contributed by atoms with Crippen molar-refractivity contribution in [2.75, 3.05) is 11.9 Å². The minimum absolute atomic E-state index is 0.0132. The van der Waals surface area contributed by atoms with Crippen LogP contribution in [0.5, 0.6) is 0 Å². The van der Waals surface area contributed by atoms with Crippen molar-refractivity contribution in [1.29, 1.82) is 0 Å². The van der Waals surface area contributed by atoms with Crippen LogP contribution in [0.15, 0.2) is 6.07 Å². The van der Waals surface area contributed by atoms with Crippen molar-refractivity contribution >= 4 is 11.7 Å². The Morgan fingerprint density at radius 1 is 1.62 bits per heavy atom. The van der Waals surface area contributed by atoms with Gasteiger partial charge in [0.2, 0.25) is 5.91 Å². The summed E-state index contributed by atoms with van der Waals surface area (Å²) in [6.07, 6.45) is 1.98. The molecule has 1 aromatic rings. The number of hydrogen-bond donors (Lipinski definition) is 3. The molecule has 2 heterocycles. The van der Waals surface area contributed by atoms with Crippen molar-refractivity contribution < 1.29 is 4.79 Å². The van der Waals surface area contributed by atoms with Crippen LogP contribution in [0, 0.1) is 0 Å². The molecule has 0 aromatic carbocycles. The van der Waals surface area contributed by atoms with Gasteiger partial charge in [-0.1, -0.05) is 13.8 Å². The molecule has 2 rings (SSSR count). The van der Waals surface area contributed by atoms with E-state index in [1.165, 1.54) is 0 Å². The van der Waals surface area contributed by atoms with E-state index in [0.29, 0.717) is 11.7 Å². The second-order valence-electron chi connectivity index (χ2n) is 4.50. The Kier molecular flexibility index (Phi) is 3.24. The first kappa shape index (κ1) is 11.1. The number of rotatable bonds is 3. The number of aromatic amines is 1. The number of nitrogens with zero attached hydrogens (tertiary/aromatic N) is 1. The Balaban J connectivity index is 1.95. The summed E-state index contributed by atoms with van der Waals surface area (Å²) in [5.41, 5.74) is 1.04. The molecule has 1 aromatic heterocycles. The summed E-state index contributed by atoms with van der Waals surface area (Å²) < 4.78 is 0. The molecule has 1 atom stereocenters. The van der Waals surface area contributed by atoms with E-state index < -0.39 is 0 Å². The Bertz CT molecular complexity index is 366. The van der Waals surface area contributed by atoms with Crippen LogP contribution in [0.25, 0.3) is 0 Å². The number of hydrogen-bond acceptors (Lipinski definition) is 3. The molecule has 0 radical (unpaired) electrons. The van der Waals surface area contributed by atoms with Crippen molar-refractivity contribution in [2.24, 2.45) is 0 Å². The maximum atomic E-state index is 11.8. The molecule has 88 valence electrons. The fourth-order valence-corrected chi connectivity index (χ4v) is 1.82. The van der Waals surface area contributed by atoms with Gasteiger partial charge in [-0.25, -0.2) is 0 Å². The normalized spacial score (nSPS) is 20.3. The van der Waals surface area contributed by atoms with E-state index in [4.69, 9.17) is 0 Å². The van der Waals surface area contributed by atoms with Crippen molar-refractivity contribution in [2.45, 2.75) is 38.6 Å². The summed E-state index contributed by atoms with van der Waals surface area (Å²) in [5.74, 6) is 1.02. The van der Waals surface area contributed by atoms with Crippen molar-refractivity contribution in [1.82, 2.24) is 15.5 Å². The lowest BCUT2D eigenvalue weighted by Gasteiger charge is -2.08. The maximum Gasteiger partial charge on any atom is 0.242 e. The average Bonchev–Trinajstić information content (AvgIpc) is 2.87. The third-order valence-corrected chi connectivity index (χ3v) is 2.85. The van der Waals surface area contributed by atoms with Gasteiger partial charge in [0.05, 0.1) is 6.04 Å². The lowest BCUT2D eigenvalue weighted by atomic mass is 10.1. The summed E-state index contributed by atoms with van der Waals surface area (Å²) in [7, 11) is 0. The second-order valence-corrected chi connectivity index (χ2v) is 4.50. The zero-order valence-corrected chi connectivity index (χ0v) is 9.71. The summed E-state index contributed by atoms with van der Waals surface area (Å²) >= 11 is 0. The number of carbonyl (C=O) groups excluding carboxylic acids is 1. The molecule has 0 unspecified atom stereocenters. The maximum absolute atomic E-state index is 11.8. The van der Waals surface area contributed by atoms with Gasteiger partial charge in [0.15, 0.2) is 5.82 Å². The number of nitrogens with one attached hydrogen (secondary N) is 3. The monoisotopic (exact) mass is 222 g/mol. The SMILES string of the molecule is CC(C)c1cc(NC(=O)[C@@H]2CCCN2)n[nH]1. The largest absolute Gasteiger partial charge is 0.308 e. The van der Waals surface area contributed by atoms with Crippen LogP contribution in [0.3, 0.4) is 0 Å². The summed E-state index contributed by atoms with van der Waals surface area (Å²) in [5, 5.41) is 13.0. The van der Waals surface area contributed by atoms with Gasteiger partial charge < -0.3 is 10.6 Å². The van der Waals surface area contributed by atoms with E-state index in [-0.39, 0.29) is 11.9 Å². The molecule has 0 bridgehead atoms. The van der Waals surface area contributed by atoms with Crippen LogP contribution in [0.4, 0.5) is 5.82 Å². The fourth-order valence-electron chi connectivity index (χ4n) is 1.82. The van der Waals surface area contributed by atoms with Crippen molar-refractivity contribution in [3.05, 3.63) is 11.8 Å². The van der Waals surface area contributed by atoms with E-state index in [1.807, 2.05) is 6.07 Å². The first-order valence-electron chi connectivity index (χ1n) is 5.76. The highest BCUT2D eigenvalue weighted by molar-refractivity contribution is 5.94. The highest BCUT2D eigenvalue weighted by Crippen LogP contribution is 2.15. The number of anilines is 1.